The first kappa shape index (κ1) is 18.2. The van der Waals surface area contributed by atoms with E-state index in [1.54, 1.807) is 0 Å². The van der Waals surface area contributed by atoms with E-state index in [2.05, 4.69) is 12.2 Å². The minimum absolute atomic E-state index is 0.203. The summed E-state index contributed by atoms with van der Waals surface area (Å²) in [6.45, 7) is 9.56. The molecule has 0 aromatic rings. The Kier molecular flexibility index (Phi) is 7.46. The molecule has 5 heteroatoms. The maximum Gasteiger partial charge on any atom is 0.410 e. The minimum atomic E-state index is -0.435. The second kappa shape index (κ2) is 8.59. The van der Waals surface area contributed by atoms with E-state index in [9.17, 15) is 4.79 Å². The van der Waals surface area contributed by atoms with Crippen molar-refractivity contribution < 1.29 is 14.6 Å². The molecule has 0 saturated carbocycles. The third-order valence-corrected chi connectivity index (χ3v) is 3.82. The fourth-order valence-corrected chi connectivity index (χ4v) is 2.67. The topological polar surface area (TPSA) is 61.8 Å². The van der Waals surface area contributed by atoms with Crippen LogP contribution in [-0.2, 0) is 4.74 Å². The maximum absolute atomic E-state index is 12.1. The highest BCUT2D eigenvalue weighted by Gasteiger charge is 2.25. The number of aliphatic hydroxyl groups excluding tert-OH is 1. The Morgan fingerprint density at radius 2 is 2.10 bits per heavy atom. The standard InChI is InChI=1S/C16H32N2O3/c1-5-13(9-12-19)17-14-7-6-10-18(11-8-14)15(20)21-16(2,3)4/h13-14,17,19H,5-12H2,1-4H3. The SMILES string of the molecule is CCC(CCO)NC1CCCN(C(=O)OC(C)(C)C)CC1. The average Bonchev–Trinajstić information content (AvgIpc) is 2.62. The van der Waals surface area contributed by atoms with Crippen molar-refractivity contribution in [2.45, 2.75) is 77.5 Å². The Hall–Kier alpha value is -0.810. The van der Waals surface area contributed by atoms with Crippen LogP contribution in [0.3, 0.4) is 0 Å². The van der Waals surface area contributed by atoms with E-state index in [-0.39, 0.29) is 12.7 Å². The van der Waals surface area contributed by atoms with Crippen molar-refractivity contribution in [1.82, 2.24) is 10.2 Å². The van der Waals surface area contributed by atoms with Crippen molar-refractivity contribution in [2.24, 2.45) is 0 Å². The van der Waals surface area contributed by atoms with Crippen LogP contribution in [0.15, 0.2) is 0 Å². The quantitative estimate of drug-likeness (QED) is 0.819. The molecule has 1 heterocycles. The first-order chi connectivity index (χ1) is 9.85. The Balaban J connectivity index is 2.44. The van der Waals surface area contributed by atoms with Gasteiger partial charge in [-0.3, -0.25) is 0 Å². The molecular formula is C16H32N2O3. The number of amides is 1. The van der Waals surface area contributed by atoms with Crippen molar-refractivity contribution >= 4 is 6.09 Å². The molecule has 124 valence electrons. The number of nitrogens with zero attached hydrogens (tertiary/aromatic N) is 1. The molecule has 0 spiro atoms. The van der Waals surface area contributed by atoms with Gasteiger partial charge in [0, 0.05) is 31.8 Å². The van der Waals surface area contributed by atoms with E-state index in [0.29, 0.717) is 12.1 Å². The summed E-state index contributed by atoms with van der Waals surface area (Å²) in [6, 6.07) is 0.794. The van der Waals surface area contributed by atoms with Crippen molar-refractivity contribution in [3.8, 4) is 0 Å². The van der Waals surface area contributed by atoms with Crippen molar-refractivity contribution in [1.29, 1.82) is 0 Å². The minimum Gasteiger partial charge on any atom is -0.444 e. The number of nitrogens with one attached hydrogen (secondary N) is 1. The molecule has 0 aromatic heterocycles. The van der Waals surface area contributed by atoms with Crippen molar-refractivity contribution in [3.63, 3.8) is 0 Å². The fraction of sp³-hybridized carbons (Fsp3) is 0.938. The fourth-order valence-electron chi connectivity index (χ4n) is 2.67. The molecule has 1 amide bonds. The van der Waals surface area contributed by atoms with Crippen molar-refractivity contribution in [3.05, 3.63) is 0 Å². The van der Waals surface area contributed by atoms with E-state index < -0.39 is 5.60 Å². The first-order valence-electron chi connectivity index (χ1n) is 8.20. The van der Waals surface area contributed by atoms with Gasteiger partial charge in [0.1, 0.15) is 5.60 Å². The summed E-state index contributed by atoms with van der Waals surface area (Å²) in [5, 5.41) is 12.7. The third kappa shape index (κ3) is 7.14. The lowest BCUT2D eigenvalue weighted by Gasteiger charge is -2.27. The lowest BCUT2D eigenvalue weighted by Crippen LogP contribution is -2.40. The number of hydrogen-bond acceptors (Lipinski definition) is 4. The molecular weight excluding hydrogens is 268 g/mol. The Morgan fingerprint density at radius 3 is 2.67 bits per heavy atom. The average molecular weight is 300 g/mol. The van der Waals surface area contributed by atoms with Crippen LogP contribution in [-0.4, -0.2) is 53.5 Å². The van der Waals surface area contributed by atoms with Crippen LogP contribution in [0.5, 0.6) is 0 Å². The monoisotopic (exact) mass is 300 g/mol. The number of rotatable bonds is 5. The van der Waals surface area contributed by atoms with E-state index in [0.717, 1.165) is 45.2 Å². The summed E-state index contributed by atoms with van der Waals surface area (Å²) >= 11 is 0. The molecule has 0 aliphatic carbocycles. The summed E-state index contributed by atoms with van der Waals surface area (Å²) in [6.07, 6.45) is 4.62. The summed E-state index contributed by atoms with van der Waals surface area (Å²) in [4.78, 5) is 13.9. The maximum atomic E-state index is 12.1. The number of likely N-dealkylation sites (tertiary alicyclic amines) is 1. The van der Waals surface area contributed by atoms with E-state index in [1.807, 2.05) is 25.7 Å². The smallest absolute Gasteiger partial charge is 0.410 e. The normalized spacial score (nSPS) is 21.8. The molecule has 21 heavy (non-hydrogen) atoms. The van der Waals surface area contributed by atoms with Gasteiger partial charge in [-0.05, 0) is 52.9 Å². The zero-order chi connectivity index (χ0) is 15.9. The van der Waals surface area contributed by atoms with Crippen LogP contribution in [0.2, 0.25) is 0 Å². The first-order valence-corrected chi connectivity index (χ1v) is 8.20. The van der Waals surface area contributed by atoms with Gasteiger partial charge in [0.2, 0.25) is 0 Å². The lowest BCUT2D eigenvalue weighted by molar-refractivity contribution is 0.0256. The van der Waals surface area contributed by atoms with Gasteiger partial charge in [-0.25, -0.2) is 4.79 Å². The van der Waals surface area contributed by atoms with E-state index in [4.69, 9.17) is 9.84 Å². The van der Waals surface area contributed by atoms with Crippen molar-refractivity contribution in [2.75, 3.05) is 19.7 Å². The number of hydrogen-bond donors (Lipinski definition) is 2. The van der Waals surface area contributed by atoms with Gasteiger partial charge < -0.3 is 20.1 Å². The van der Waals surface area contributed by atoms with Gasteiger partial charge in [-0.2, -0.15) is 0 Å². The highest BCUT2D eigenvalue weighted by Crippen LogP contribution is 2.16. The van der Waals surface area contributed by atoms with Gasteiger partial charge in [0.25, 0.3) is 0 Å². The predicted octanol–water partition coefficient (Wildman–Crippen LogP) is 2.53. The molecule has 0 aromatic carbocycles. The number of carbonyl (C=O) groups excluding carboxylic acids is 1. The lowest BCUT2D eigenvalue weighted by atomic mass is 10.1. The molecule has 0 radical (unpaired) electrons. The number of ether oxygens (including phenoxy) is 1. The third-order valence-electron chi connectivity index (χ3n) is 3.82. The molecule has 1 rings (SSSR count). The summed E-state index contributed by atoms with van der Waals surface area (Å²) < 4.78 is 5.44. The molecule has 1 aliphatic rings. The van der Waals surface area contributed by atoms with Gasteiger partial charge in [0.15, 0.2) is 0 Å². The van der Waals surface area contributed by atoms with Crippen LogP contribution < -0.4 is 5.32 Å². The van der Waals surface area contributed by atoms with Crippen LogP contribution >= 0.6 is 0 Å². The Labute approximate surface area is 129 Å². The van der Waals surface area contributed by atoms with Crippen LogP contribution in [0.1, 0.15) is 59.8 Å². The van der Waals surface area contributed by atoms with Crippen LogP contribution in [0.25, 0.3) is 0 Å². The molecule has 0 bridgehead atoms. The van der Waals surface area contributed by atoms with Gasteiger partial charge in [-0.1, -0.05) is 6.92 Å². The highest BCUT2D eigenvalue weighted by molar-refractivity contribution is 5.68. The molecule has 2 N–H and O–H groups in total. The number of aliphatic hydroxyl groups is 1. The summed E-state index contributed by atoms with van der Waals surface area (Å²) in [5.41, 5.74) is -0.435. The van der Waals surface area contributed by atoms with Gasteiger partial charge in [0.05, 0.1) is 0 Å². The van der Waals surface area contributed by atoms with E-state index in [1.165, 1.54) is 0 Å². The largest absolute Gasteiger partial charge is 0.444 e. The number of carbonyl (C=O) groups is 1. The molecule has 2 atom stereocenters. The summed E-state index contributed by atoms with van der Waals surface area (Å²) in [5.74, 6) is 0. The predicted molar refractivity (Wildman–Crippen MR) is 84.4 cm³/mol. The second-order valence-electron chi connectivity index (χ2n) is 6.88. The molecule has 5 nitrogen and oxygen atoms in total. The second-order valence-corrected chi connectivity index (χ2v) is 6.88. The Morgan fingerprint density at radius 1 is 1.38 bits per heavy atom. The zero-order valence-electron chi connectivity index (χ0n) is 14.0. The van der Waals surface area contributed by atoms with Gasteiger partial charge in [-0.15, -0.1) is 0 Å². The molecule has 1 saturated heterocycles. The molecule has 2 unspecified atom stereocenters. The Bertz CT molecular complexity index is 315. The van der Waals surface area contributed by atoms with Crippen LogP contribution in [0, 0.1) is 0 Å². The highest BCUT2D eigenvalue weighted by atomic mass is 16.6. The van der Waals surface area contributed by atoms with Gasteiger partial charge >= 0.3 is 6.09 Å². The zero-order valence-corrected chi connectivity index (χ0v) is 14.0. The molecule has 1 fully saturated rings. The summed E-state index contributed by atoms with van der Waals surface area (Å²) in [7, 11) is 0. The van der Waals surface area contributed by atoms with E-state index >= 15 is 0 Å². The molecule has 1 aliphatic heterocycles. The van der Waals surface area contributed by atoms with Crippen LogP contribution in [0.4, 0.5) is 4.79 Å².